The lowest BCUT2D eigenvalue weighted by molar-refractivity contribution is 0.0544. The van der Waals surface area contributed by atoms with Gasteiger partial charge in [-0.2, -0.15) is 0 Å². The van der Waals surface area contributed by atoms with E-state index in [1.54, 1.807) is 12.3 Å². The van der Waals surface area contributed by atoms with Crippen LogP contribution in [0.2, 0.25) is 0 Å². The molecule has 0 aliphatic carbocycles. The lowest BCUT2D eigenvalue weighted by Gasteiger charge is -2.19. The van der Waals surface area contributed by atoms with Crippen molar-refractivity contribution in [2.75, 3.05) is 6.61 Å². The maximum Gasteiger partial charge on any atom is 0.418 e. The topological polar surface area (TPSA) is 51.5 Å². The zero-order valence-corrected chi connectivity index (χ0v) is 12.0. The highest BCUT2D eigenvalue weighted by Crippen LogP contribution is 2.20. The van der Waals surface area contributed by atoms with Crippen molar-refractivity contribution in [3.05, 3.63) is 42.1 Å². The normalized spacial score (nSPS) is 12.2. The minimum atomic E-state index is -0.516. The van der Waals surface area contributed by atoms with Crippen LogP contribution in [0.5, 0.6) is 0 Å². The molecule has 0 atom stereocenters. The van der Waals surface area contributed by atoms with E-state index in [0.29, 0.717) is 0 Å². The number of ether oxygens (including phenoxy) is 1. The number of fused-ring (bicyclic) bond motifs is 1. The second-order valence-electron chi connectivity index (χ2n) is 5.57. The first-order valence-electron chi connectivity index (χ1n) is 6.52. The summed E-state index contributed by atoms with van der Waals surface area (Å²) < 4.78 is 6.86. The van der Waals surface area contributed by atoms with Crippen molar-refractivity contribution in [2.45, 2.75) is 26.4 Å². The number of nitrogens with zero attached hydrogens (tertiary/aromatic N) is 1. The summed E-state index contributed by atoms with van der Waals surface area (Å²) in [6.07, 6.45) is 4.83. The average molecular weight is 273 g/mol. The predicted molar refractivity (Wildman–Crippen MR) is 79.7 cm³/mol. The van der Waals surface area contributed by atoms with Crippen LogP contribution in [0.15, 0.2) is 36.5 Å². The molecule has 1 N–H and O–H groups in total. The largest absolute Gasteiger partial charge is 0.443 e. The molecule has 2 rings (SSSR count). The fourth-order valence-corrected chi connectivity index (χ4v) is 1.92. The first kappa shape index (κ1) is 14.3. The zero-order chi connectivity index (χ0) is 14.8. The zero-order valence-electron chi connectivity index (χ0n) is 12.0. The van der Waals surface area contributed by atoms with Crippen LogP contribution in [-0.2, 0) is 4.74 Å². The fraction of sp³-hybridized carbons (Fsp3) is 0.312. The van der Waals surface area contributed by atoms with Gasteiger partial charge in [0.05, 0.1) is 12.1 Å². The van der Waals surface area contributed by atoms with E-state index in [2.05, 4.69) is 0 Å². The van der Waals surface area contributed by atoms with E-state index in [1.807, 2.05) is 51.1 Å². The van der Waals surface area contributed by atoms with Gasteiger partial charge in [0.1, 0.15) is 5.60 Å². The Balaban J connectivity index is 2.33. The van der Waals surface area contributed by atoms with Gasteiger partial charge in [0, 0.05) is 11.6 Å². The summed E-state index contributed by atoms with van der Waals surface area (Å²) in [5, 5.41) is 9.73. The molecule has 1 heterocycles. The Morgan fingerprint density at radius 1 is 1.35 bits per heavy atom. The standard InChI is InChI=1S/C16H19NO3/c1-16(2,3)20-15(19)17-9-8-13-11-12(5-4-10-18)6-7-14(13)17/h4-9,11,18H,10H2,1-3H3. The van der Waals surface area contributed by atoms with Crippen LogP contribution in [0, 0.1) is 0 Å². The monoisotopic (exact) mass is 273 g/mol. The quantitative estimate of drug-likeness (QED) is 0.912. The molecule has 4 heteroatoms. The molecule has 1 aromatic carbocycles. The maximum absolute atomic E-state index is 12.1. The summed E-state index contributed by atoms with van der Waals surface area (Å²) in [7, 11) is 0. The maximum atomic E-state index is 12.1. The van der Waals surface area contributed by atoms with Crippen LogP contribution in [0.4, 0.5) is 4.79 Å². The highest BCUT2D eigenvalue weighted by molar-refractivity contribution is 5.90. The Morgan fingerprint density at radius 3 is 2.75 bits per heavy atom. The van der Waals surface area contributed by atoms with Gasteiger partial charge in [-0.25, -0.2) is 4.79 Å². The number of hydrogen-bond acceptors (Lipinski definition) is 3. The second-order valence-corrected chi connectivity index (χ2v) is 5.57. The van der Waals surface area contributed by atoms with Gasteiger partial charge in [-0.05, 0) is 44.5 Å². The minimum Gasteiger partial charge on any atom is -0.443 e. The smallest absolute Gasteiger partial charge is 0.418 e. The van der Waals surface area contributed by atoms with Crippen LogP contribution in [0.25, 0.3) is 17.0 Å². The Labute approximate surface area is 118 Å². The van der Waals surface area contributed by atoms with Crippen molar-refractivity contribution in [3.8, 4) is 0 Å². The SMILES string of the molecule is CC(C)(C)OC(=O)n1ccc2cc(C=CCO)ccc21. The third-order valence-corrected chi connectivity index (χ3v) is 2.72. The highest BCUT2D eigenvalue weighted by Gasteiger charge is 2.18. The Bertz CT molecular complexity index is 647. The van der Waals surface area contributed by atoms with Crippen LogP contribution in [0.3, 0.4) is 0 Å². The van der Waals surface area contributed by atoms with Gasteiger partial charge in [-0.3, -0.25) is 4.57 Å². The number of benzene rings is 1. The Kier molecular flexibility index (Phi) is 3.95. The van der Waals surface area contributed by atoms with Gasteiger partial charge < -0.3 is 9.84 Å². The number of rotatable bonds is 2. The molecule has 106 valence electrons. The molecule has 0 fully saturated rings. The van der Waals surface area contributed by atoms with E-state index in [9.17, 15) is 4.79 Å². The number of aliphatic hydroxyl groups excluding tert-OH is 1. The summed E-state index contributed by atoms with van der Waals surface area (Å²) in [5.74, 6) is 0. The van der Waals surface area contributed by atoms with E-state index in [0.717, 1.165) is 16.5 Å². The number of hydrogen-bond donors (Lipinski definition) is 1. The summed E-state index contributed by atoms with van der Waals surface area (Å²) in [5.41, 5.74) is 1.27. The lowest BCUT2D eigenvalue weighted by atomic mass is 10.1. The van der Waals surface area contributed by atoms with Crippen LogP contribution in [-0.4, -0.2) is 28.0 Å². The number of aliphatic hydroxyl groups is 1. The predicted octanol–water partition coefficient (Wildman–Crippen LogP) is 3.43. The number of aromatic nitrogens is 1. The molecule has 0 spiro atoms. The number of carbonyl (C=O) groups is 1. The van der Waals surface area contributed by atoms with Gasteiger partial charge >= 0.3 is 6.09 Å². The van der Waals surface area contributed by atoms with Crippen LogP contribution >= 0.6 is 0 Å². The van der Waals surface area contributed by atoms with Crippen LogP contribution < -0.4 is 0 Å². The van der Waals surface area contributed by atoms with Gasteiger partial charge in [0.25, 0.3) is 0 Å². The second kappa shape index (κ2) is 5.51. The molecule has 0 aliphatic heterocycles. The molecule has 0 radical (unpaired) electrons. The van der Waals surface area contributed by atoms with Gasteiger partial charge in [-0.1, -0.05) is 18.2 Å². The molecular weight excluding hydrogens is 254 g/mol. The molecule has 4 nitrogen and oxygen atoms in total. The third-order valence-electron chi connectivity index (χ3n) is 2.72. The molecule has 1 aromatic heterocycles. The van der Waals surface area contributed by atoms with Gasteiger partial charge in [0.2, 0.25) is 0 Å². The highest BCUT2D eigenvalue weighted by atomic mass is 16.6. The first-order chi connectivity index (χ1) is 9.40. The van der Waals surface area contributed by atoms with Crippen molar-refractivity contribution in [3.63, 3.8) is 0 Å². The van der Waals surface area contributed by atoms with E-state index in [-0.39, 0.29) is 12.7 Å². The fourth-order valence-electron chi connectivity index (χ4n) is 1.92. The molecule has 0 unspecified atom stereocenters. The van der Waals surface area contributed by atoms with Crippen molar-refractivity contribution in [1.29, 1.82) is 0 Å². The molecule has 0 amide bonds. The Morgan fingerprint density at radius 2 is 2.10 bits per heavy atom. The van der Waals surface area contributed by atoms with Crippen molar-refractivity contribution in [2.24, 2.45) is 0 Å². The summed E-state index contributed by atoms with van der Waals surface area (Å²) in [6, 6.07) is 7.60. The molecule has 0 saturated heterocycles. The summed E-state index contributed by atoms with van der Waals surface area (Å²) in [4.78, 5) is 12.1. The molecule has 0 aliphatic rings. The third kappa shape index (κ3) is 3.27. The molecule has 20 heavy (non-hydrogen) atoms. The van der Waals surface area contributed by atoms with E-state index in [1.165, 1.54) is 4.57 Å². The van der Waals surface area contributed by atoms with Crippen LogP contribution in [0.1, 0.15) is 26.3 Å². The van der Waals surface area contributed by atoms with Crippen molar-refractivity contribution in [1.82, 2.24) is 4.57 Å². The summed E-state index contributed by atoms with van der Waals surface area (Å²) >= 11 is 0. The van der Waals surface area contributed by atoms with Crippen molar-refractivity contribution >= 4 is 23.1 Å². The van der Waals surface area contributed by atoms with Crippen molar-refractivity contribution < 1.29 is 14.6 Å². The molecular formula is C16H19NO3. The van der Waals surface area contributed by atoms with Gasteiger partial charge in [-0.15, -0.1) is 0 Å². The Hall–Kier alpha value is -2.07. The minimum absolute atomic E-state index is 0.0109. The molecule has 0 saturated carbocycles. The number of carbonyl (C=O) groups excluding carboxylic acids is 1. The first-order valence-corrected chi connectivity index (χ1v) is 6.52. The van der Waals surface area contributed by atoms with E-state index in [4.69, 9.17) is 9.84 Å². The van der Waals surface area contributed by atoms with Gasteiger partial charge in [0.15, 0.2) is 0 Å². The lowest BCUT2D eigenvalue weighted by Crippen LogP contribution is -2.26. The average Bonchev–Trinajstić information content (AvgIpc) is 2.77. The molecule has 2 aromatic rings. The molecule has 0 bridgehead atoms. The van der Waals surface area contributed by atoms with E-state index < -0.39 is 5.60 Å². The summed E-state index contributed by atoms with van der Waals surface area (Å²) in [6.45, 7) is 5.54. The van der Waals surface area contributed by atoms with E-state index >= 15 is 0 Å².